The molecule has 140 valence electrons. The lowest BCUT2D eigenvalue weighted by Crippen LogP contribution is -2.23. The molecule has 1 aliphatic carbocycles. The summed E-state index contributed by atoms with van der Waals surface area (Å²) in [7, 11) is 0. The molecule has 3 aromatic rings. The standard InChI is InChI=1S/C21H23BrN4O/c22-19-9-8-18-21(27)23-20(24-26(18)19)17-13-25(11-15-4-2-1-3-5-15)12-16(17)10-14-6-7-14/h1-5,8-9,14,16-17H,6-7,10-13H2,(H,23,24,27)/t16-,17-/m1/s1. The van der Waals surface area contributed by atoms with E-state index in [1.807, 2.05) is 6.07 Å². The van der Waals surface area contributed by atoms with Crippen LogP contribution in [0.1, 0.15) is 36.6 Å². The van der Waals surface area contributed by atoms with Crippen molar-refractivity contribution in [2.45, 2.75) is 31.7 Å². The van der Waals surface area contributed by atoms with Crippen molar-refractivity contribution in [3.05, 3.63) is 68.8 Å². The lowest BCUT2D eigenvalue weighted by Gasteiger charge is -2.17. The maximum Gasteiger partial charge on any atom is 0.275 e. The second-order valence-corrected chi connectivity index (χ2v) is 8.83. The molecule has 2 aromatic heterocycles. The van der Waals surface area contributed by atoms with Gasteiger partial charge in [0.2, 0.25) is 0 Å². The first-order valence-corrected chi connectivity index (χ1v) is 10.5. The Kier molecular flexibility index (Phi) is 4.40. The van der Waals surface area contributed by atoms with E-state index in [1.165, 1.54) is 24.8 Å². The highest BCUT2D eigenvalue weighted by molar-refractivity contribution is 9.10. The van der Waals surface area contributed by atoms with Crippen LogP contribution >= 0.6 is 15.9 Å². The molecule has 0 spiro atoms. The maximum absolute atomic E-state index is 12.5. The van der Waals surface area contributed by atoms with Gasteiger partial charge >= 0.3 is 0 Å². The molecule has 1 saturated carbocycles. The van der Waals surface area contributed by atoms with Gasteiger partial charge in [-0.2, -0.15) is 5.10 Å². The summed E-state index contributed by atoms with van der Waals surface area (Å²) < 4.78 is 2.55. The normalized spacial score (nSPS) is 23.3. The maximum atomic E-state index is 12.5. The first-order valence-electron chi connectivity index (χ1n) is 9.71. The van der Waals surface area contributed by atoms with E-state index < -0.39 is 0 Å². The van der Waals surface area contributed by atoms with Crippen LogP contribution in [0.15, 0.2) is 51.9 Å². The number of hydrogen-bond acceptors (Lipinski definition) is 3. The Bertz CT molecular complexity index is 1010. The molecule has 0 radical (unpaired) electrons. The summed E-state index contributed by atoms with van der Waals surface area (Å²) in [4.78, 5) is 18.1. The Balaban J connectivity index is 1.45. The first kappa shape index (κ1) is 17.2. The van der Waals surface area contributed by atoms with Gasteiger partial charge in [-0.05, 0) is 51.9 Å². The highest BCUT2D eigenvalue weighted by Crippen LogP contribution is 2.42. The zero-order valence-electron chi connectivity index (χ0n) is 15.1. The first-order chi connectivity index (χ1) is 13.2. The second kappa shape index (κ2) is 6.91. The predicted octanol–water partition coefficient (Wildman–Crippen LogP) is 3.80. The van der Waals surface area contributed by atoms with Crippen molar-refractivity contribution in [2.75, 3.05) is 13.1 Å². The second-order valence-electron chi connectivity index (χ2n) is 8.02. The van der Waals surface area contributed by atoms with Crippen LogP contribution in [-0.4, -0.2) is 32.6 Å². The fraction of sp³-hybridized carbons (Fsp3) is 0.429. The fourth-order valence-corrected chi connectivity index (χ4v) is 4.82. The summed E-state index contributed by atoms with van der Waals surface area (Å²) in [5.74, 6) is 2.52. The zero-order valence-corrected chi connectivity index (χ0v) is 16.7. The smallest absolute Gasteiger partial charge is 0.275 e. The highest BCUT2D eigenvalue weighted by Gasteiger charge is 2.39. The number of nitrogens with one attached hydrogen (secondary N) is 1. The minimum absolute atomic E-state index is 0.0580. The molecular weight excluding hydrogens is 404 g/mol. The van der Waals surface area contributed by atoms with Crippen molar-refractivity contribution < 1.29 is 0 Å². The number of fused-ring (bicyclic) bond motifs is 1. The van der Waals surface area contributed by atoms with Crippen molar-refractivity contribution >= 4 is 21.4 Å². The van der Waals surface area contributed by atoms with Gasteiger partial charge in [0.15, 0.2) is 0 Å². The van der Waals surface area contributed by atoms with Crippen LogP contribution in [0.2, 0.25) is 0 Å². The number of aromatic nitrogens is 3. The molecule has 2 aliphatic rings. The van der Waals surface area contributed by atoms with E-state index in [9.17, 15) is 4.79 Å². The molecule has 0 unspecified atom stereocenters. The molecule has 1 saturated heterocycles. The van der Waals surface area contributed by atoms with Crippen molar-refractivity contribution in [3.63, 3.8) is 0 Å². The van der Waals surface area contributed by atoms with Crippen molar-refractivity contribution in [2.24, 2.45) is 11.8 Å². The molecule has 0 amide bonds. The quantitative estimate of drug-likeness (QED) is 0.674. The molecule has 1 N–H and O–H groups in total. The molecule has 5 nitrogen and oxygen atoms in total. The summed E-state index contributed by atoms with van der Waals surface area (Å²) in [6.07, 6.45) is 3.95. The highest BCUT2D eigenvalue weighted by atomic mass is 79.9. The number of H-pyrrole nitrogens is 1. The third-order valence-corrected chi connectivity index (χ3v) is 6.54. The number of aromatic amines is 1. The summed E-state index contributed by atoms with van der Waals surface area (Å²) in [6.45, 7) is 2.97. The Labute approximate surface area is 166 Å². The predicted molar refractivity (Wildman–Crippen MR) is 109 cm³/mol. The van der Waals surface area contributed by atoms with E-state index in [0.29, 0.717) is 11.4 Å². The van der Waals surface area contributed by atoms with Crippen LogP contribution in [0.25, 0.3) is 5.52 Å². The van der Waals surface area contributed by atoms with E-state index in [4.69, 9.17) is 5.10 Å². The van der Waals surface area contributed by atoms with E-state index in [-0.39, 0.29) is 11.5 Å². The molecule has 27 heavy (non-hydrogen) atoms. The Morgan fingerprint density at radius 3 is 2.70 bits per heavy atom. The average Bonchev–Trinajstić information content (AvgIpc) is 3.28. The van der Waals surface area contributed by atoms with Gasteiger partial charge in [-0.3, -0.25) is 9.69 Å². The molecule has 1 aromatic carbocycles. The van der Waals surface area contributed by atoms with Gasteiger partial charge in [-0.25, -0.2) is 4.52 Å². The third-order valence-electron chi connectivity index (χ3n) is 5.94. The largest absolute Gasteiger partial charge is 0.307 e. The van der Waals surface area contributed by atoms with Crippen LogP contribution in [0.5, 0.6) is 0 Å². The monoisotopic (exact) mass is 426 g/mol. The summed E-state index contributed by atoms with van der Waals surface area (Å²) in [5.41, 5.74) is 1.87. The molecule has 3 heterocycles. The fourth-order valence-electron chi connectivity index (χ4n) is 4.42. The van der Waals surface area contributed by atoms with E-state index in [0.717, 1.165) is 36.0 Å². The Hall–Kier alpha value is -1.92. The van der Waals surface area contributed by atoms with E-state index in [1.54, 1.807) is 10.6 Å². The van der Waals surface area contributed by atoms with Gasteiger partial charge in [-0.15, -0.1) is 0 Å². The van der Waals surface area contributed by atoms with E-state index >= 15 is 0 Å². The number of hydrogen-bond donors (Lipinski definition) is 1. The third kappa shape index (κ3) is 3.48. The molecular formula is C21H23BrN4O. The molecule has 0 bridgehead atoms. The van der Waals surface area contributed by atoms with Crippen molar-refractivity contribution in [1.82, 2.24) is 19.5 Å². The number of benzene rings is 1. The Morgan fingerprint density at radius 2 is 1.93 bits per heavy atom. The molecule has 1 aliphatic heterocycles. The van der Waals surface area contributed by atoms with Crippen molar-refractivity contribution in [1.29, 1.82) is 0 Å². The topological polar surface area (TPSA) is 53.4 Å². The number of nitrogens with zero attached hydrogens (tertiary/aromatic N) is 3. The van der Waals surface area contributed by atoms with Gasteiger partial charge in [0.25, 0.3) is 5.56 Å². The number of rotatable bonds is 5. The van der Waals surface area contributed by atoms with Crippen molar-refractivity contribution in [3.8, 4) is 0 Å². The Morgan fingerprint density at radius 1 is 1.11 bits per heavy atom. The van der Waals surface area contributed by atoms with Crippen LogP contribution in [-0.2, 0) is 6.54 Å². The average molecular weight is 427 g/mol. The minimum atomic E-state index is -0.0580. The number of halogens is 1. The molecule has 2 atom stereocenters. The minimum Gasteiger partial charge on any atom is -0.307 e. The summed E-state index contributed by atoms with van der Waals surface area (Å²) in [6, 6.07) is 14.3. The summed E-state index contributed by atoms with van der Waals surface area (Å²) >= 11 is 3.50. The van der Waals surface area contributed by atoms with E-state index in [2.05, 4.69) is 56.1 Å². The van der Waals surface area contributed by atoms with Gasteiger partial charge < -0.3 is 4.98 Å². The zero-order chi connectivity index (χ0) is 18.4. The van der Waals surface area contributed by atoms with Crippen LogP contribution in [0, 0.1) is 11.8 Å². The van der Waals surface area contributed by atoms with Gasteiger partial charge in [0, 0.05) is 25.6 Å². The summed E-state index contributed by atoms with van der Waals surface area (Å²) in [5, 5.41) is 4.78. The SMILES string of the molecule is O=c1[nH]c([C@@H]2CN(Cc3ccccc3)C[C@H]2CC2CC2)nn2c(Br)ccc12. The van der Waals surface area contributed by atoms with Gasteiger partial charge in [-0.1, -0.05) is 43.2 Å². The number of likely N-dealkylation sites (tertiary alicyclic amines) is 1. The molecule has 5 rings (SSSR count). The van der Waals surface area contributed by atoms with Gasteiger partial charge in [0.05, 0.1) is 0 Å². The molecule has 2 fully saturated rings. The van der Waals surface area contributed by atoms with Gasteiger partial charge in [0.1, 0.15) is 15.9 Å². The van der Waals surface area contributed by atoms with Crippen LogP contribution < -0.4 is 5.56 Å². The lowest BCUT2D eigenvalue weighted by atomic mass is 9.90. The lowest BCUT2D eigenvalue weighted by molar-refractivity contribution is 0.310. The molecule has 6 heteroatoms. The van der Waals surface area contributed by atoms with Crippen LogP contribution in [0.4, 0.5) is 0 Å². The van der Waals surface area contributed by atoms with Crippen LogP contribution in [0.3, 0.4) is 0 Å².